The van der Waals surface area contributed by atoms with E-state index in [9.17, 15) is 63.3 Å². The maximum Gasteiger partial charge on any atom is 0.331 e. The fourth-order valence-electron chi connectivity index (χ4n) is 12.8. The number of likely N-dealkylation sites (N-methyl/N-ethyl adjacent to an activating group) is 1. The van der Waals surface area contributed by atoms with Gasteiger partial charge in [0, 0.05) is 63.8 Å². The summed E-state index contributed by atoms with van der Waals surface area (Å²) < 4.78 is 11.5. The molecular formula is C77H115N13O20S2. The van der Waals surface area contributed by atoms with Crippen molar-refractivity contribution in [3.05, 3.63) is 84.1 Å². The topological polar surface area (TPSA) is 474 Å². The number of rotatable bonds is 20. The van der Waals surface area contributed by atoms with Gasteiger partial charge in [-0.2, -0.15) is 0 Å². The van der Waals surface area contributed by atoms with E-state index in [4.69, 9.17) is 9.47 Å². The monoisotopic (exact) mass is 1610 g/mol. The summed E-state index contributed by atoms with van der Waals surface area (Å²) >= 11 is 0. The predicted octanol–water partition coefficient (Wildman–Crippen LogP) is 0.150. The van der Waals surface area contributed by atoms with Crippen molar-refractivity contribution in [3.8, 4) is 0 Å². The molecule has 0 radical (unpaired) electrons. The fraction of sp³-hybridized carbons (Fsp3) is 0.623. The van der Waals surface area contributed by atoms with Gasteiger partial charge in [-0.15, -0.1) is 0 Å². The third kappa shape index (κ3) is 28.3. The lowest BCUT2D eigenvalue weighted by molar-refractivity contribution is -0.158. The highest BCUT2D eigenvalue weighted by Crippen LogP contribution is 2.28. The molecule has 3 heterocycles. The zero-order valence-corrected chi connectivity index (χ0v) is 67.6. The number of carbonyl (C=O) groups is 15. The van der Waals surface area contributed by atoms with E-state index in [0.29, 0.717) is 24.0 Å². The lowest BCUT2D eigenvalue weighted by Crippen LogP contribution is -2.61. The van der Waals surface area contributed by atoms with Gasteiger partial charge in [0.15, 0.2) is 18.1 Å². The van der Waals surface area contributed by atoms with Gasteiger partial charge in [-0.05, 0) is 88.2 Å². The third-order valence-electron chi connectivity index (χ3n) is 20.4. The van der Waals surface area contributed by atoms with Crippen molar-refractivity contribution in [2.75, 3.05) is 38.8 Å². The summed E-state index contributed by atoms with van der Waals surface area (Å²) in [7, 11) is 4.30. The van der Waals surface area contributed by atoms with Crippen molar-refractivity contribution in [2.24, 2.45) is 23.7 Å². The molecule has 3 aliphatic rings. The molecule has 1 unspecified atom stereocenters. The zero-order chi connectivity index (χ0) is 83.2. The number of benzene rings is 2. The SMILES string of the molecule is C=C1NC(=O)[C@H]([C@@H](C)CC)NC(=O)[C@@H]2CSSC[C@H](NC(=O)CCC(O)O)C(=O)N[C@H](Cc3ccccc3)C(=O)N[C@H](C)C(=O)N[C@@H](C[C@@H](C)CC)C(=O)N[C@@H](C(=O)C[C@H](Cc3ccccc3)C(=O)N3CCC[C@H]3C(=O)N2)[C@@H](C)OC(=O)[C@H](CO)NC(=O)[C@H]([C@@H](C)OC)N(C)C(=O)C(CC)NC(=O)[C@H](C[C@H](C)CC)NC1=O. The molecule has 5 rings (SSSR count). The molecule has 3 saturated heterocycles. The van der Waals surface area contributed by atoms with Crippen LogP contribution in [0.25, 0.3) is 0 Å². The van der Waals surface area contributed by atoms with Crippen LogP contribution in [0.2, 0.25) is 0 Å². The molecule has 620 valence electrons. The van der Waals surface area contributed by atoms with E-state index in [1.54, 1.807) is 95.3 Å². The number of aliphatic hydroxyl groups is 3. The summed E-state index contributed by atoms with van der Waals surface area (Å²) in [5, 5.41) is 59.2. The van der Waals surface area contributed by atoms with Crippen molar-refractivity contribution in [2.45, 2.75) is 244 Å². The summed E-state index contributed by atoms with van der Waals surface area (Å²) in [6.45, 7) is 18.7. The number of ether oxygens (including phenoxy) is 2. The molecule has 3 aliphatic heterocycles. The molecule has 0 spiro atoms. The van der Waals surface area contributed by atoms with Gasteiger partial charge >= 0.3 is 5.97 Å². The number of nitrogens with zero attached hydrogens (tertiary/aromatic N) is 2. The van der Waals surface area contributed by atoms with Crippen molar-refractivity contribution >= 4 is 110 Å². The van der Waals surface area contributed by atoms with Crippen LogP contribution in [0.3, 0.4) is 0 Å². The van der Waals surface area contributed by atoms with E-state index in [1.807, 2.05) is 13.8 Å². The number of ketones is 1. The first-order valence-corrected chi connectivity index (χ1v) is 40.7. The summed E-state index contributed by atoms with van der Waals surface area (Å²) in [4.78, 5) is 224. The van der Waals surface area contributed by atoms with E-state index >= 15 is 24.0 Å². The molecule has 13 amide bonds. The number of aliphatic hydroxyl groups excluding tert-OH is 2. The Balaban J connectivity index is 1.80. The van der Waals surface area contributed by atoms with Crippen LogP contribution in [0.1, 0.15) is 151 Å². The van der Waals surface area contributed by atoms with Gasteiger partial charge in [-0.3, -0.25) is 67.1 Å². The first-order chi connectivity index (χ1) is 53.1. The Hall–Kier alpha value is -9.03. The summed E-state index contributed by atoms with van der Waals surface area (Å²) in [5.41, 5.74) is 0.499. The van der Waals surface area contributed by atoms with E-state index in [2.05, 4.69) is 65.1 Å². The molecule has 14 N–H and O–H groups in total. The second-order valence-electron chi connectivity index (χ2n) is 29.1. The Labute approximate surface area is 662 Å². The lowest BCUT2D eigenvalue weighted by atomic mass is 9.89. The fourth-order valence-corrected chi connectivity index (χ4v) is 15.2. The Morgan fingerprint density at radius 3 is 1.78 bits per heavy atom. The predicted molar refractivity (Wildman–Crippen MR) is 416 cm³/mol. The number of nitrogens with one attached hydrogen (secondary N) is 11. The Kier molecular flexibility index (Phi) is 38.6. The number of hydrogen-bond donors (Lipinski definition) is 14. The molecule has 0 aromatic heterocycles. The minimum Gasteiger partial charge on any atom is -0.458 e. The minimum atomic E-state index is -1.97. The molecule has 18 atom stereocenters. The Bertz CT molecular complexity index is 3600. The second kappa shape index (κ2) is 46.2. The summed E-state index contributed by atoms with van der Waals surface area (Å²) in [6, 6.07) is -1.88. The molecular weight excluding hydrogens is 1490 g/mol. The maximum absolute atomic E-state index is 15.6. The van der Waals surface area contributed by atoms with Gasteiger partial charge in [0.1, 0.15) is 72.6 Å². The summed E-state index contributed by atoms with van der Waals surface area (Å²) in [6.07, 6.45) is -5.60. The van der Waals surface area contributed by atoms with Gasteiger partial charge in [-0.1, -0.05) is 157 Å². The van der Waals surface area contributed by atoms with Crippen molar-refractivity contribution in [1.82, 2.24) is 68.3 Å². The van der Waals surface area contributed by atoms with Gasteiger partial charge in [0.05, 0.1) is 18.4 Å². The highest BCUT2D eigenvalue weighted by Gasteiger charge is 2.45. The number of Topliss-reactive ketones (excluding diaryl/α,β-unsaturated/α-hetero) is 1. The average molecular weight is 1610 g/mol. The van der Waals surface area contributed by atoms with Crippen LogP contribution in [0.15, 0.2) is 72.9 Å². The van der Waals surface area contributed by atoms with Crippen LogP contribution in [0, 0.1) is 23.7 Å². The van der Waals surface area contributed by atoms with Crippen LogP contribution in [0.4, 0.5) is 0 Å². The number of methoxy groups -OCH3 is 1. The number of carbonyl (C=O) groups excluding carboxylic acids is 15. The van der Waals surface area contributed by atoms with Crippen LogP contribution in [0.5, 0.6) is 0 Å². The molecule has 35 heteroatoms. The maximum atomic E-state index is 15.6. The van der Waals surface area contributed by atoms with Crippen LogP contribution < -0.4 is 58.5 Å². The van der Waals surface area contributed by atoms with Gasteiger partial charge in [0.2, 0.25) is 70.9 Å². The van der Waals surface area contributed by atoms with Crippen molar-refractivity contribution < 1.29 is 96.7 Å². The second-order valence-corrected chi connectivity index (χ2v) is 31.7. The van der Waals surface area contributed by atoms with Crippen LogP contribution in [-0.4, -0.2) is 243 Å². The first-order valence-electron chi connectivity index (χ1n) is 38.3. The smallest absolute Gasteiger partial charge is 0.331 e. The van der Waals surface area contributed by atoms with Crippen molar-refractivity contribution in [1.29, 1.82) is 0 Å². The molecule has 3 fully saturated rings. The zero-order valence-electron chi connectivity index (χ0n) is 66.0. The molecule has 2 aromatic rings. The Morgan fingerprint density at radius 2 is 1.20 bits per heavy atom. The van der Waals surface area contributed by atoms with Gasteiger partial charge in [0.25, 0.3) is 5.91 Å². The number of cyclic esters (lactones) is 1. The number of amides is 13. The molecule has 33 nitrogen and oxygen atoms in total. The standard InChI is InChI=1S/C77H115N13O20S2/c1-14-41(5)33-52-68(99)81-51(17-4)76(107)89(12)64(47(11)109-13)74(105)85-55(38-91)77(108)110-46(10)63-59(92)37-50(35-48-25-20-18-21-26-48)75(106)90-32-24-29-58(90)72(103)86-57(71(102)87-62(43(7)16-3)73(104)79-45(9)66(97)82-52)40-112-111-39-56(80-60(93)30-31-61(94)95)70(101)84-54(36-49-27-22-19-23-28-49)67(98)78-44(8)65(96)83-53(69(100)88-63)34-42(6)15-2/h18-23,25-28,41-44,46-47,50-58,61-64,91,94-95H,9,14-17,24,29-40H2,1-8,10-13H3,(H,78,98)(H,79,104)(H,80,93)(H,81,99)(H,82,97)(H,83,96)(H,84,101)(H,85,105)(H,86,103)(H,87,102)(H,88,100)/t41-,42+,43+,44-,46-,47-,50+,51?,52+,53+,54-,55+,56+,57+,58+,62+,63-,64+/m1/s1. The number of hydrogen-bond acceptors (Lipinski definition) is 22. The molecule has 112 heavy (non-hydrogen) atoms. The summed E-state index contributed by atoms with van der Waals surface area (Å²) in [5.74, 6) is -17.6. The molecule has 0 aliphatic carbocycles. The van der Waals surface area contributed by atoms with Crippen molar-refractivity contribution in [3.63, 3.8) is 0 Å². The number of esters is 1. The highest BCUT2D eigenvalue weighted by molar-refractivity contribution is 8.76. The third-order valence-corrected chi connectivity index (χ3v) is 22.9. The number of fused-ring (bicyclic) bond motifs is 6. The largest absolute Gasteiger partial charge is 0.458 e. The molecule has 2 bridgehead atoms. The van der Waals surface area contributed by atoms with Crippen LogP contribution in [-0.2, 0) is 94.2 Å². The van der Waals surface area contributed by atoms with Gasteiger partial charge < -0.3 is 93.1 Å². The van der Waals surface area contributed by atoms with E-state index in [-0.39, 0.29) is 81.3 Å². The quantitative estimate of drug-likeness (QED) is 0.0363. The molecule has 0 saturated carbocycles. The van der Waals surface area contributed by atoms with E-state index in [1.165, 1.54) is 39.8 Å². The van der Waals surface area contributed by atoms with Crippen LogP contribution >= 0.6 is 21.6 Å². The first kappa shape index (κ1) is 93.6. The molecule has 2 aromatic carbocycles. The van der Waals surface area contributed by atoms with Gasteiger partial charge in [-0.25, -0.2) is 4.79 Å². The Morgan fingerprint density at radius 1 is 0.634 bits per heavy atom. The average Bonchev–Trinajstić information content (AvgIpc) is 1.43. The lowest BCUT2D eigenvalue weighted by Gasteiger charge is -2.34. The van der Waals surface area contributed by atoms with E-state index in [0.717, 1.165) is 26.5 Å². The normalized spacial score (nSPS) is 27.7. The van der Waals surface area contributed by atoms with E-state index < -0.39 is 223 Å². The highest BCUT2D eigenvalue weighted by atomic mass is 33.1. The minimum absolute atomic E-state index is 0.00156.